The van der Waals surface area contributed by atoms with Gasteiger partial charge in [-0.2, -0.15) is 0 Å². The predicted molar refractivity (Wildman–Crippen MR) is 99.2 cm³/mol. The molecule has 0 saturated carbocycles. The zero-order chi connectivity index (χ0) is 17.8. The van der Waals surface area contributed by atoms with Gasteiger partial charge in [-0.15, -0.1) is 22.7 Å². The highest BCUT2D eigenvalue weighted by atomic mass is 32.1. The van der Waals surface area contributed by atoms with Crippen molar-refractivity contribution in [3.8, 4) is 0 Å². The fourth-order valence-corrected chi connectivity index (χ4v) is 4.71. The van der Waals surface area contributed by atoms with Crippen molar-refractivity contribution in [2.75, 3.05) is 19.7 Å². The molecule has 25 heavy (non-hydrogen) atoms. The lowest BCUT2D eigenvalue weighted by Gasteiger charge is -2.06. The zero-order valence-corrected chi connectivity index (χ0v) is 15.1. The highest BCUT2D eigenvalue weighted by molar-refractivity contribution is 7.33. The molecule has 8 heteroatoms. The van der Waals surface area contributed by atoms with Crippen LogP contribution in [0.25, 0.3) is 19.5 Å². The number of nitrogens with one attached hydrogen (secondary N) is 2. The van der Waals surface area contributed by atoms with Crippen LogP contribution in [0.4, 0.5) is 0 Å². The van der Waals surface area contributed by atoms with E-state index in [2.05, 4.69) is 16.7 Å². The second-order valence-corrected chi connectivity index (χ2v) is 7.45. The number of carbonyl (C=O) groups excluding carboxylic acids is 3. The summed E-state index contributed by atoms with van der Waals surface area (Å²) in [6.07, 6.45) is 0. The number of thiophene rings is 2. The van der Waals surface area contributed by atoms with E-state index < -0.39 is 11.9 Å². The average Bonchev–Trinajstić information content (AvgIpc) is 3.14. The highest BCUT2D eigenvalue weighted by Crippen LogP contribution is 2.39. The summed E-state index contributed by atoms with van der Waals surface area (Å²) < 4.78 is 8.34. The van der Waals surface area contributed by atoms with Gasteiger partial charge in [-0.25, -0.2) is 4.79 Å². The van der Waals surface area contributed by atoms with E-state index in [4.69, 9.17) is 4.74 Å². The molecule has 1 aromatic carbocycles. The largest absolute Gasteiger partial charge is 0.451 e. The van der Waals surface area contributed by atoms with Crippen LogP contribution in [-0.4, -0.2) is 37.5 Å². The van der Waals surface area contributed by atoms with Gasteiger partial charge in [0.2, 0.25) is 5.91 Å². The summed E-state index contributed by atoms with van der Waals surface area (Å²) in [6.45, 7) is 1.68. The van der Waals surface area contributed by atoms with Crippen LogP contribution >= 0.6 is 22.7 Å². The van der Waals surface area contributed by atoms with Crippen LogP contribution in [0.2, 0.25) is 0 Å². The number of carbonyl (C=O) groups is 3. The van der Waals surface area contributed by atoms with Crippen molar-refractivity contribution in [2.24, 2.45) is 0 Å². The maximum Gasteiger partial charge on any atom is 0.348 e. The van der Waals surface area contributed by atoms with Gasteiger partial charge in [-0.3, -0.25) is 9.59 Å². The second-order valence-electron chi connectivity index (χ2n) is 5.31. The Hall–Kier alpha value is -2.45. The first-order valence-electron chi connectivity index (χ1n) is 7.64. The number of hydrogen-bond donors (Lipinski definition) is 2. The van der Waals surface area contributed by atoms with Gasteiger partial charge in [-0.1, -0.05) is 18.2 Å². The van der Waals surface area contributed by atoms with Gasteiger partial charge in [0.25, 0.3) is 5.91 Å². The Morgan fingerprint density at radius 2 is 1.80 bits per heavy atom. The first-order chi connectivity index (χ1) is 12.0. The predicted octanol–water partition coefficient (Wildman–Crippen LogP) is 2.53. The molecule has 3 aromatic rings. The molecule has 0 unspecified atom stereocenters. The summed E-state index contributed by atoms with van der Waals surface area (Å²) in [5, 5.41) is 6.25. The van der Waals surface area contributed by atoms with Gasteiger partial charge >= 0.3 is 5.97 Å². The van der Waals surface area contributed by atoms with Crippen molar-refractivity contribution in [1.82, 2.24) is 10.6 Å². The van der Waals surface area contributed by atoms with Gasteiger partial charge in [0.1, 0.15) is 4.88 Å². The van der Waals surface area contributed by atoms with E-state index in [0.29, 0.717) is 11.4 Å². The number of esters is 1. The molecule has 130 valence electrons. The molecule has 0 spiro atoms. The summed E-state index contributed by atoms with van der Waals surface area (Å²) in [7, 11) is 0. The van der Waals surface area contributed by atoms with Crippen molar-refractivity contribution < 1.29 is 19.1 Å². The topological polar surface area (TPSA) is 84.5 Å². The molecule has 3 rings (SSSR count). The highest BCUT2D eigenvalue weighted by Gasteiger charge is 2.16. The van der Waals surface area contributed by atoms with E-state index in [1.54, 1.807) is 11.3 Å². The minimum Gasteiger partial charge on any atom is -0.451 e. The summed E-state index contributed by atoms with van der Waals surface area (Å²) >= 11 is 3.00. The number of amides is 2. The third kappa shape index (κ3) is 4.15. The molecule has 0 radical (unpaired) electrons. The Morgan fingerprint density at radius 3 is 2.60 bits per heavy atom. The van der Waals surface area contributed by atoms with Crippen LogP contribution < -0.4 is 10.6 Å². The van der Waals surface area contributed by atoms with Crippen molar-refractivity contribution >= 4 is 59.9 Å². The normalized spacial score (nSPS) is 10.8. The quantitative estimate of drug-likeness (QED) is 0.511. The third-order valence-corrected chi connectivity index (χ3v) is 5.80. The number of ether oxygens (including phenoxy) is 1. The Balaban J connectivity index is 1.55. The first kappa shape index (κ1) is 17.4. The van der Waals surface area contributed by atoms with Crippen LogP contribution in [0.5, 0.6) is 0 Å². The van der Waals surface area contributed by atoms with Crippen molar-refractivity contribution in [1.29, 1.82) is 0 Å². The molecule has 0 aliphatic carbocycles. The molecule has 6 nitrogen and oxygen atoms in total. The summed E-state index contributed by atoms with van der Waals surface area (Å²) in [6, 6.07) is 9.85. The number of hydrogen-bond acceptors (Lipinski definition) is 6. The summed E-state index contributed by atoms with van der Waals surface area (Å²) in [5.41, 5.74) is 0. The van der Waals surface area contributed by atoms with E-state index in [0.717, 1.165) is 14.8 Å². The molecule has 0 saturated heterocycles. The molecule has 0 aliphatic rings. The first-order valence-corrected chi connectivity index (χ1v) is 9.27. The maximum absolute atomic E-state index is 12.1. The molecule has 0 fully saturated rings. The minimum absolute atomic E-state index is 0.161. The van der Waals surface area contributed by atoms with E-state index in [9.17, 15) is 14.4 Å². The second kappa shape index (κ2) is 7.62. The van der Waals surface area contributed by atoms with Gasteiger partial charge in [0, 0.05) is 34.8 Å². The van der Waals surface area contributed by atoms with Gasteiger partial charge in [0.05, 0.1) is 4.70 Å². The SMILES string of the molecule is CC(=O)NCCNC(=O)COC(=O)c1cc2sc3ccccc3c2s1. The summed E-state index contributed by atoms with van der Waals surface area (Å²) in [4.78, 5) is 34.9. The number of benzene rings is 1. The molecule has 0 atom stereocenters. The smallest absolute Gasteiger partial charge is 0.348 e. The van der Waals surface area contributed by atoms with E-state index in [-0.39, 0.29) is 19.1 Å². The van der Waals surface area contributed by atoms with Crippen molar-refractivity contribution in [3.05, 3.63) is 35.2 Å². The molecule has 2 amide bonds. The Morgan fingerprint density at radius 1 is 1.04 bits per heavy atom. The van der Waals surface area contributed by atoms with E-state index in [1.165, 1.54) is 23.0 Å². The molecular weight excluding hydrogens is 360 g/mol. The van der Waals surface area contributed by atoms with Crippen LogP contribution in [0.3, 0.4) is 0 Å². The van der Waals surface area contributed by atoms with E-state index >= 15 is 0 Å². The monoisotopic (exact) mass is 376 g/mol. The number of rotatable bonds is 6. The molecule has 2 aromatic heterocycles. The minimum atomic E-state index is -0.505. The van der Waals surface area contributed by atoms with Gasteiger partial charge in [0.15, 0.2) is 6.61 Å². The van der Waals surface area contributed by atoms with Crippen molar-refractivity contribution in [2.45, 2.75) is 6.92 Å². The van der Waals surface area contributed by atoms with Crippen LogP contribution in [0.15, 0.2) is 30.3 Å². The maximum atomic E-state index is 12.1. The fraction of sp³-hybridized carbons (Fsp3) is 0.235. The lowest BCUT2D eigenvalue weighted by atomic mass is 10.2. The molecular formula is C17H16N2O4S2. The van der Waals surface area contributed by atoms with Crippen LogP contribution in [0.1, 0.15) is 16.6 Å². The van der Waals surface area contributed by atoms with E-state index in [1.807, 2.05) is 24.3 Å². The molecule has 0 aliphatic heterocycles. The molecule has 2 N–H and O–H groups in total. The van der Waals surface area contributed by atoms with Gasteiger partial charge < -0.3 is 15.4 Å². The van der Waals surface area contributed by atoms with Crippen LogP contribution in [-0.2, 0) is 14.3 Å². The lowest BCUT2D eigenvalue weighted by Crippen LogP contribution is -2.35. The fourth-order valence-electron chi connectivity index (χ4n) is 2.29. The Bertz CT molecular complexity index is 945. The van der Waals surface area contributed by atoms with Gasteiger partial charge in [-0.05, 0) is 12.1 Å². The van der Waals surface area contributed by atoms with Crippen LogP contribution in [0, 0.1) is 0 Å². The summed E-state index contributed by atoms with van der Waals surface area (Å²) in [5.74, 6) is -1.07. The lowest BCUT2D eigenvalue weighted by molar-refractivity contribution is -0.124. The zero-order valence-electron chi connectivity index (χ0n) is 13.5. The Kier molecular flexibility index (Phi) is 5.30. The third-order valence-electron chi connectivity index (χ3n) is 3.41. The number of fused-ring (bicyclic) bond motifs is 3. The average molecular weight is 376 g/mol. The molecule has 2 heterocycles. The Labute approximate surface area is 151 Å². The molecule has 0 bridgehead atoms. The standard InChI is InChI=1S/C17H16N2O4S2/c1-10(20)18-6-7-19-15(21)9-23-17(22)14-8-13-16(25-14)11-4-2-3-5-12(11)24-13/h2-5,8H,6-7,9H2,1H3,(H,18,20)(H,19,21). The van der Waals surface area contributed by atoms with Crippen molar-refractivity contribution in [3.63, 3.8) is 0 Å².